The number of hydrogen-bond donors (Lipinski definition) is 2. The van der Waals surface area contributed by atoms with E-state index in [1.54, 1.807) is 11.8 Å². The van der Waals surface area contributed by atoms with Gasteiger partial charge in [0, 0.05) is 41.9 Å². The Bertz CT molecular complexity index is 652. The fourth-order valence-corrected chi connectivity index (χ4v) is 4.36. The van der Waals surface area contributed by atoms with E-state index in [-0.39, 0.29) is 29.6 Å². The number of thioether (sulfide) groups is 1. The van der Waals surface area contributed by atoms with E-state index in [0.29, 0.717) is 6.61 Å². The van der Waals surface area contributed by atoms with Crippen LogP contribution in [-0.2, 0) is 9.53 Å². The Morgan fingerprint density at radius 2 is 2.07 bits per heavy atom. The van der Waals surface area contributed by atoms with Gasteiger partial charge in [-0.15, -0.1) is 11.8 Å². The third-order valence-electron chi connectivity index (χ3n) is 5.38. The van der Waals surface area contributed by atoms with Gasteiger partial charge in [0.25, 0.3) is 0 Å². The summed E-state index contributed by atoms with van der Waals surface area (Å²) in [6.07, 6.45) is 3.98. The molecule has 3 rings (SSSR count). The zero-order chi connectivity index (χ0) is 19.2. The molecule has 148 valence electrons. The maximum atomic E-state index is 12.9. The summed E-state index contributed by atoms with van der Waals surface area (Å²) in [4.78, 5) is 28.5. The maximum absolute atomic E-state index is 12.9. The topological polar surface area (TPSA) is 70.7 Å². The molecule has 6 nitrogen and oxygen atoms in total. The SMILES string of the molecule is CCOC(=O)C1NNCC1CN1CCCC(C(=O)c2ccc(SC)cc2)C1. The molecule has 1 aromatic carbocycles. The van der Waals surface area contributed by atoms with E-state index in [0.717, 1.165) is 44.6 Å². The number of hydrogen-bond acceptors (Lipinski definition) is 7. The minimum Gasteiger partial charge on any atom is -0.465 e. The number of likely N-dealkylation sites (tertiary alicyclic amines) is 1. The van der Waals surface area contributed by atoms with Crippen molar-refractivity contribution in [2.24, 2.45) is 11.8 Å². The fourth-order valence-electron chi connectivity index (χ4n) is 3.95. The number of piperidine rings is 1. The molecule has 3 atom stereocenters. The van der Waals surface area contributed by atoms with Crippen molar-refractivity contribution in [3.8, 4) is 0 Å². The molecule has 2 aliphatic heterocycles. The summed E-state index contributed by atoms with van der Waals surface area (Å²) in [6, 6.07) is 7.58. The first-order chi connectivity index (χ1) is 13.1. The van der Waals surface area contributed by atoms with Crippen LogP contribution in [0, 0.1) is 11.8 Å². The molecular formula is C20H29N3O3S. The van der Waals surface area contributed by atoms with Gasteiger partial charge < -0.3 is 9.64 Å². The van der Waals surface area contributed by atoms with E-state index < -0.39 is 0 Å². The van der Waals surface area contributed by atoms with Crippen molar-refractivity contribution in [1.82, 2.24) is 15.8 Å². The van der Waals surface area contributed by atoms with Gasteiger partial charge in [-0.1, -0.05) is 12.1 Å². The Morgan fingerprint density at radius 3 is 2.78 bits per heavy atom. The summed E-state index contributed by atoms with van der Waals surface area (Å²) in [7, 11) is 0. The lowest BCUT2D eigenvalue weighted by Crippen LogP contribution is -2.46. The highest BCUT2D eigenvalue weighted by atomic mass is 32.2. The molecule has 2 fully saturated rings. The first-order valence-corrected chi connectivity index (χ1v) is 10.9. The van der Waals surface area contributed by atoms with Gasteiger partial charge in [0.15, 0.2) is 5.78 Å². The largest absolute Gasteiger partial charge is 0.465 e. The lowest BCUT2D eigenvalue weighted by molar-refractivity contribution is -0.146. The molecule has 2 saturated heterocycles. The number of ether oxygens (including phenoxy) is 1. The van der Waals surface area contributed by atoms with Crippen LogP contribution in [0.4, 0.5) is 0 Å². The van der Waals surface area contributed by atoms with E-state index in [4.69, 9.17) is 4.74 Å². The number of benzene rings is 1. The fraction of sp³-hybridized carbons (Fsp3) is 0.600. The van der Waals surface area contributed by atoms with Gasteiger partial charge in [-0.05, 0) is 44.7 Å². The molecule has 0 spiro atoms. The van der Waals surface area contributed by atoms with E-state index in [1.165, 1.54) is 4.90 Å². The molecule has 0 radical (unpaired) electrons. The highest BCUT2D eigenvalue weighted by Crippen LogP contribution is 2.24. The van der Waals surface area contributed by atoms with Gasteiger partial charge in [0.1, 0.15) is 6.04 Å². The van der Waals surface area contributed by atoms with Gasteiger partial charge in [-0.3, -0.25) is 15.0 Å². The number of ketones is 1. The number of rotatable bonds is 7. The van der Waals surface area contributed by atoms with Crippen LogP contribution in [-0.4, -0.2) is 61.7 Å². The monoisotopic (exact) mass is 391 g/mol. The number of nitrogens with zero attached hydrogens (tertiary/aromatic N) is 1. The zero-order valence-electron chi connectivity index (χ0n) is 16.1. The van der Waals surface area contributed by atoms with Gasteiger partial charge in [-0.2, -0.15) is 0 Å². The molecule has 0 saturated carbocycles. The molecule has 0 amide bonds. The predicted octanol–water partition coefficient (Wildman–Crippen LogP) is 1.96. The van der Waals surface area contributed by atoms with Crippen LogP contribution in [0.5, 0.6) is 0 Å². The van der Waals surface area contributed by atoms with Gasteiger partial charge >= 0.3 is 5.97 Å². The van der Waals surface area contributed by atoms with Gasteiger partial charge in [0.05, 0.1) is 6.61 Å². The van der Waals surface area contributed by atoms with Crippen molar-refractivity contribution in [2.45, 2.75) is 30.7 Å². The number of carbonyl (C=O) groups is 2. The second-order valence-corrected chi connectivity index (χ2v) is 8.09. The summed E-state index contributed by atoms with van der Waals surface area (Å²) < 4.78 is 5.17. The summed E-state index contributed by atoms with van der Waals surface area (Å²) >= 11 is 1.68. The molecule has 3 unspecified atom stereocenters. The lowest BCUT2D eigenvalue weighted by Gasteiger charge is -2.34. The highest BCUT2D eigenvalue weighted by molar-refractivity contribution is 7.98. The molecule has 27 heavy (non-hydrogen) atoms. The van der Waals surface area contributed by atoms with Crippen molar-refractivity contribution in [1.29, 1.82) is 0 Å². The second kappa shape index (κ2) is 9.68. The molecule has 1 aromatic rings. The smallest absolute Gasteiger partial charge is 0.324 e. The Kier molecular flexibility index (Phi) is 7.29. The standard InChI is InChI=1S/C20H29N3O3S/c1-3-26-20(25)18-16(11-21-22-18)13-23-10-4-5-15(12-23)19(24)14-6-8-17(27-2)9-7-14/h6-9,15-16,18,21-22H,3-5,10-13H2,1-2H3. The summed E-state index contributed by atoms with van der Waals surface area (Å²) in [5, 5.41) is 0. The van der Waals surface area contributed by atoms with E-state index in [2.05, 4.69) is 15.8 Å². The number of esters is 1. The third-order valence-corrected chi connectivity index (χ3v) is 6.12. The first kappa shape index (κ1) is 20.3. The Morgan fingerprint density at radius 1 is 1.30 bits per heavy atom. The van der Waals surface area contributed by atoms with E-state index in [9.17, 15) is 9.59 Å². The summed E-state index contributed by atoms with van der Waals surface area (Å²) in [5.41, 5.74) is 6.91. The molecule has 7 heteroatoms. The predicted molar refractivity (Wildman–Crippen MR) is 107 cm³/mol. The zero-order valence-corrected chi connectivity index (χ0v) is 16.9. The van der Waals surface area contributed by atoms with Crippen LogP contribution in [0.1, 0.15) is 30.1 Å². The quantitative estimate of drug-likeness (QED) is 0.418. The molecule has 2 heterocycles. The Hall–Kier alpha value is -1.41. The van der Waals surface area contributed by atoms with Gasteiger partial charge in [-0.25, -0.2) is 5.43 Å². The first-order valence-electron chi connectivity index (χ1n) is 9.68. The van der Waals surface area contributed by atoms with Crippen molar-refractivity contribution in [2.75, 3.05) is 39.0 Å². The average molecular weight is 392 g/mol. The van der Waals surface area contributed by atoms with E-state index in [1.807, 2.05) is 37.4 Å². The Balaban J connectivity index is 1.58. The molecule has 2 aliphatic rings. The van der Waals surface area contributed by atoms with Crippen molar-refractivity contribution >= 4 is 23.5 Å². The number of nitrogens with one attached hydrogen (secondary N) is 2. The van der Waals surface area contributed by atoms with Crippen molar-refractivity contribution in [3.05, 3.63) is 29.8 Å². The minimum atomic E-state index is -0.319. The van der Waals surface area contributed by atoms with Crippen LogP contribution >= 0.6 is 11.8 Å². The van der Waals surface area contributed by atoms with E-state index >= 15 is 0 Å². The van der Waals surface area contributed by atoms with Gasteiger partial charge in [0.2, 0.25) is 0 Å². The van der Waals surface area contributed by atoms with Crippen molar-refractivity contribution < 1.29 is 14.3 Å². The molecule has 0 aromatic heterocycles. The molecule has 2 N–H and O–H groups in total. The van der Waals surface area contributed by atoms with Crippen LogP contribution in [0.3, 0.4) is 0 Å². The average Bonchev–Trinajstić information content (AvgIpc) is 3.16. The lowest BCUT2D eigenvalue weighted by atomic mass is 9.89. The minimum absolute atomic E-state index is 0.0299. The van der Waals surface area contributed by atoms with Crippen LogP contribution in [0.25, 0.3) is 0 Å². The van der Waals surface area contributed by atoms with Crippen LogP contribution in [0.2, 0.25) is 0 Å². The maximum Gasteiger partial charge on any atom is 0.324 e. The highest BCUT2D eigenvalue weighted by Gasteiger charge is 2.36. The molecular weight excluding hydrogens is 362 g/mol. The summed E-state index contributed by atoms with van der Waals surface area (Å²) in [6.45, 7) is 5.46. The van der Waals surface area contributed by atoms with Crippen molar-refractivity contribution in [3.63, 3.8) is 0 Å². The normalized spacial score (nSPS) is 26.1. The van der Waals surface area contributed by atoms with Crippen LogP contribution < -0.4 is 10.9 Å². The second-order valence-electron chi connectivity index (χ2n) is 7.21. The third kappa shape index (κ3) is 5.10. The Labute approximate surface area is 165 Å². The molecule has 0 bridgehead atoms. The number of Topliss-reactive ketones (excluding diaryl/α,β-unsaturated/α-hetero) is 1. The number of hydrazine groups is 1. The number of carbonyl (C=O) groups excluding carboxylic acids is 2. The van der Waals surface area contributed by atoms with Crippen LogP contribution in [0.15, 0.2) is 29.2 Å². The summed E-state index contributed by atoms with van der Waals surface area (Å²) in [5.74, 6) is 0.212. The molecule has 0 aliphatic carbocycles.